The first-order chi connectivity index (χ1) is 34.8. The first-order valence-corrected chi connectivity index (χ1v) is 26.0. The van der Waals surface area contributed by atoms with Gasteiger partial charge in [-0.1, -0.05) is 212 Å². The Morgan fingerprint density at radius 2 is 0.614 bits per heavy atom. The molecule has 0 fully saturated rings. The molecule has 328 valence electrons. The smallest absolute Gasteiger partial charge is 0.179 e. The Labute approximate surface area is 406 Å². The van der Waals surface area contributed by atoms with Crippen molar-refractivity contribution in [1.29, 1.82) is 0 Å². The number of fused-ring (bicyclic) bond motifs is 9. The highest BCUT2D eigenvalue weighted by molar-refractivity contribution is 7.20. The Bertz CT molecular complexity index is 3910. The van der Waals surface area contributed by atoms with Crippen molar-refractivity contribution in [2.24, 2.45) is 0 Å². The van der Waals surface area contributed by atoms with E-state index in [1.165, 1.54) is 53.1 Å². The van der Waals surface area contributed by atoms with Gasteiger partial charge >= 0.3 is 0 Å². The number of hydrogen-bond donors (Lipinski definition) is 0. The summed E-state index contributed by atoms with van der Waals surface area (Å²) in [6, 6.07) is 98.3. The minimum atomic E-state index is -3.01. The van der Waals surface area contributed by atoms with Crippen LogP contribution in [0.15, 0.2) is 267 Å². The first-order valence-electron chi connectivity index (χ1n) is 24.0. The molecule has 0 N–H and O–H groups in total. The van der Waals surface area contributed by atoms with Crippen molar-refractivity contribution in [3.63, 3.8) is 0 Å². The number of para-hydroxylation sites is 6. The summed E-state index contributed by atoms with van der Waals surface area (Å²) in [7, 11) is -3.01. The Morgan fingerprint density at radius 3 is 1.01 bits per heavy atom. The van der Waals surface area contributed by atoms with Gasteiger partial charge in [0.15, 0.2) is 8.07 Å². The maximum absolute atomic E-state index is 5.94. The largest absolute Gasteiger partial charge is 0.309 e. The lowest BCUT2D eigenvalue weighted by Crippen LogP contribution is -2.74. The molecule has 4 heterocycles. The van der Waals surface area contributed by atoms with E-state index in [1.54, 1.807) is 0 Å². The van der Waals surface area contributed by atoms with Crippen molar-refractivity contribution in [1.82, 2.24) is 18.7 Å². The maximum atomic E-state index is 5.94. The fourth-order valence-electron chi connectivity index (χ4n) is 11.7. The number of nitrogens with zero attached hydrogens (tertiary/aromatic N) is 4. The number of hydrogen-bond acceptors (Lipinski definition) is 1. The molecule has 0 amide bonds. The molecule has 0 spiro atoms. The van der Waals surface area contributed by atoms with Crippen LogP contribution in [0.1, 0.15) is 0 Å². The summed E-state index contributed by atoms with van der Waals surface area (Å²) in [5.41, 5.74) is 10.9. The van der Waals surface area contributed by atoms with Gasteiger partial charge in [0, 0.05) is 43.9 Å². The van der Waals surface area contributed by atoms with Gasteiger partial charge in [0.2, 0.25) is 0 Å². The van der Waals surface area contributed by atoms with E-state index in [0.717, 1.165) is 61.6 Å². The summed E-state index contributed by atoms with van der Waals surface area (Å²) in [5, 5.41) is 12.5. The van der Waals surface area contributed by atoms with E-state index in [0.29, 0.717) is 0 Å². The molecule has 0 saturated heterocycles. The van der Waals surface area contributed by atoms with Gasteiger partial charge in [-0.15, -0.1) is 0 Å². The van der Waals surface area contributed by atoms with Crippen molar-refractivity contribution in [3.05, 3.63) is 267 Å². The number of rotatable bonds is 8. The van der Waals surface area contributed by atoms with E-state index in [4.69, 9.17) is 4.98 Å². The van der Waals surface area contributed by atoms with Gasteiger partial charge in [0.1, 0.15) is 5.82 Å². The topological polar surface area (TPSA) is 27.7 Å². The van der Waals surface area contributed by atoms with Crippen LogP contribution in [0.3, 0.4) is 0 Å². The lowest BCUT2D eigenvalue weighted by atomic mass is 10.1. The van der Waals surface area contributed by atoms with Crippen LogP contribution in [0, 0.1) is 0 Å². The summed E-state index contributed by atoms with van der Waals surface area (Å²) in [6.07, 6.45) is 0. The van der Waals surface area contributed by atoms with Crippen LogP contribution >= 0.6 is 0 Å². The summed E-state index contributed by atoms with van der Waals surface area (Å²) in [5.74, 6) is 0.850. The Morgan fingerprint density at radius 1 is 0.271 bits per heavy atom. The summed E-state index contributed by atoms with van der Waals surface area (Å²) >= 11 is 0. The van der Waals surface area contributed by atoms with Crippen LogP contribution in [0.5, 0.6) is 0 Å². The van der Waals surface area contributed by atoms with Gasteiger partial charge in [-0.3, -0.25) is 4.57 Å². The normalized spacial score (nSPS) is 12.0. The van der Waals surface area contributed by atoms with Crippen LogP contribution in [0.4, 0.5) is 0 Å². The molecule has 0 bridgehead atoms. The summed E-state index contributed by atoms with van der Waals surface area (Å²) in [4.78, 5) is 5.94. The average Bonchev–Trinajstić information content (AvgIpc) is 4.08. The molecule has 0 radical (unpaired) electrons. The number of aromatic nitrogens is 4. The fourth-order valence-corrected chi connectivity index (χ4v) is 16.4. The standard InChI is InChI=1S/C65H44N4Si/c1-4-22-46(23-5-1)70(47-24-6-2-7-25-47,48-26-8-3-9-27-48)49-40-41-64(68-60-36-18-12-30-52(60)53-31-13-19-37-61(53)68)56(44-49)57-42-45(67-58-34-16-10-28-50(58)51-29-11-17-35-59(51)67)43-65(66-57)69-62-38-20-14-32-54(62)55-33-15-21-39-63(55)69/h1-44H. The van der Waals surface area contributed by atoms with Crippen LogP contribution in [-0.4, -0.2) is 26.8 Å². The third-order valence-electron chi connectivity index (χ3n) is 14.6. The molecule has 10 aromatic carbocycles. The quantitative estimate of drug-likeness (QED) is 0.110. The molecule has 0 atom stereocenters. The highest BCUT2D eigenvalue weighted by Crippen LogP contribution is 2.40. The van der Waals surface area contributed by atoms with E-state index < -0.39 is 8.07 Å². The van der Waals surface area contributed by atoms with Gasteiger partial charge in [-0.2, -0.15) is 0 Å². The van der Waals surface area contributed by atoms with Gasteiger partial charge < -0.3 is 9.13 Å². The van der Waals surface area contributed by atoms with Gasteiger partial charge in [-0.25, -0.2) is 4.98 Å². The monoisotopic (exact) mass is 908 g/mol. The van der Waals surface area contributed by atoms with E-state index in [1.807, 2.05) is 0 Å². The average molecular weight is 909 g/mol. The third kappa shape index (κ3) is 5.98. The highest BCUT2D eigenvalue weighted by Gasteiger charge is 2.42. The Kier molecular flexibility index (Phi) is 9.19. The molecular weight excluding hydrogens is 865 g/mol. The van der Waals surface area contributed by atoms with Crippen LogP contribution in [0.2, 0.25) is 0 Å². The molecule has 0 unspecified atom stereocenters. The molecule has 14 rings (SSSR count). The molecule has 70 heavy (non-hydrogen) atoms. The maximum Gasteiger partial charge on any atom is 0.179 e. The minimum Gasteiger partial charge on any atom is -0.309 e. The van der Waals surface area contributed by atoms with E-state index in [-0.39, 0.29) is 0 Å². The second-order valence-corrected chi connectivity index (χ2v) is 22.1. The molecule has 4 aromatic heterocycles. The van der Waals surface area contributed by atoms with Crippen molar-refractivity contribution >= 4 is 94.2 Å². The van der Waals surface area contributed by atoms with Crippen molar-refractivity contribution in [2.45, 2.75) is 0 Å². The van der Waals surface area contributed by atoms with Crippen LogP contribution in [0.25, 0.3) is 93.9 Å². The fraction of sp³-hybridized carbons (Fsp3) is 0. The van der Waals surface area contributed by atoms with E-state index in [9.17, 15) is 0 Å². The lowest BCUT2D eigenvalue weighted by Gasteiger charge is -2.35. The molecule has 5 heteroatoms. The number of pyridine rings is 1. The Balaban J connectivity index is 1.16. The van der Waals surface area contributed by atoms with Crippen LogP contribution < -0.4 is 20.7 Å². The van der Waals surface area contributed by atoms with Crippen molar-refractivity contribution in [2.75, 3.05) is 0 Å². The van der Waals surface area contributed by atoms with Crippen molar-refractivity contribution < 1.29 is 0 Å². The van der Waals surface area contributed by atoms with E-state index >= 15 is 0 Å². The molecule has 0 aliphatic heterocycles. The molecule has 0 saturated carbocycles. The minimum absolute atomic E-state index is 0.850. The predicted molar refractivity (Wildman–Crippen MR) is 296 cm³/mol. The first kappa shape index (κ1) is 40.1. The molecule has 4 nitrogen and oxygen atoms in total. The van der Waals surface area contributed by atoms with E-state index in [2.05, 4.69) is 281 Å². The zero-order valence-electron chi connectivity index (χ0n) is 38.2. The van der Waals surface area contributed by atoms with Gasteiger partial charge in [0.05, 0.1) is 50.2 Å². The third-order valence-corrected chi connectivity index (χ3v) is 19.4. The molecule has 14 aromatic rings. The van der Waals surface area contributed by atoms with Gasteiger partial charge in [-0.05, 0) is 69.3 Å². The lowest BCUT2D eigenvalue weighted by molar-refractivity contribution is 1.06. The predicted octanol–water partition coefficient (Wildman–Crippen LogP) is 13.4. The molecule has 0 aliphatic rings. The zero-order chi connectivity index (χ0) is 46.2. The Hall–Kier alpha value is -9.03. The second-order valence-electron chi connectivity index (χ2n) is 18.3. The van der Waals surface area contributed by atoms with Crippen LogP contribution in [-0.2, 0) is 0 Å². The number of benzene rings is 10. The second kappa shape index (κ2) is 16.1. The van der Waals surface area contributed by atoms with Gasteiger partial charge in [0.25, 0.3) is 0 Å². The SMILES string of the molecule is c1ccc([Si](c2ccccc2)(c2ccccc2)c2ccc(-n3c4ccccc4c4ccccc43)c(-c3cc(-n4c5ccccc5c5ccccc54)cc(-n4c5ccccc5c5ccccc54)n3)c2)cc1. The summed E-state index contributed by atoms with van der Waals surface area (Å²) < 4.78 is 7.27. The molecular formula is C65H44N4Si. The zero-order valence-corrected chi connectivity index (χ0v) is 39.2. The molecule has 0 aliphatic carbocycles. The summed E-state index contributed by atoms with van der Waals surface area (Å²) in [6.45, 7) is 0. The van der Waals surface area contributed by atoms with Crippen molar-refractivity contribution in [3.8, 4) is 28.5 Å². The highest BCUT2D eigenvalue weighted by atomic mass is 28.3.